The molecule has 0 aromatic rings. The van der Waals surface area contributed by atoms with Crippen LogP contribution in [0.25, 0.3) is 0 Å². The molecule has 0 unspecified atom stereocenters. The Bertz CT molecular complexity index is 278. The molecule has 150 valence electrons. The lowest BCUT2D eigenvalue weighted by molar-refractivity contribution is 0.00719. The van der Waals surface area contributed by atoms with E-state index in [9.17, 15) is 4.79 Å². The van der Waals surface area contributed by atoms with Gasteiger partial charge in [0.1, 0.15) is 0 Å². The topological polar surface area (TPSA) is 97.3 Å². The van der Waals surface area contributed by atoms with E-state index < -0.39 is 6.09 Å². The zero-order valence-corrected chi connectivity index (χ0v) is 15.5. The molecule has 0 saturated carbocycles. The Kier molecular flexibility index (Phi) is 20.4. The highest BCUT2D eigenvalue weighted by Crippen LogP contribution is 2.09. The molecule has 3 N–H and O–H groups in total. The minimum Gasteiger partial charge on any atom is -0.465 e. The van der Waals surface area contributed by atoms with Crippen molar-refractivity contribution >= 4 is 6.09 Å². The summed E-state index contributed by atoms with van der Waals surface area (Å²) in [5, 5.41) is 19.3. The van der Waals surface area contributed by atoms with Crippen molar-refractivity contribution in [3.05, 3.63) is 0 Å². The number of carboxylic acid groups (broad SMARTS) is 1. The number of unbranched alkanes of at least 4 members (excludes halogenated alkanes) is 8. The van der Waals surface area contributed by atoms with Crippen molar-refractivity contribution < 1.29 is 29.2 Å². The SMILES string of the molecule is O=C(O)NCCCCCCCCCCCOCCOCCOCCO. The Morgan fingerprint density at radius 3 is 1.60 bits per heavy atom. The van der Waals surface area contributed by atoms with E-state index >= 15 is 0 Å². The maximum atomic E-state index is 10.3. The zero-order chi connectivity index (χ0) is 18.4. The normalized spacial score (nSPS) is 10.9. The van der Waals surface area contributed by atoms with Gasteiger partial charge in [0.25, 0.3) is 0 Å². The van der Waals surface area contributed by atoms with Crippen LogP contribution in [-0.2, 0) is 14.2 Å². The van der Waals surface area contributed by atoms with Crippen LogP contribution in [0, 0.1) is 0 Å². The lowest BCUT2D eigenvalue weighted by Gasteiger charge is -2.06. The first-order chi connectivity index (χ1) is 12.3. The minimum absolute atomic E-state index is 0.0510. The van der Waals surface area contributed by atoms with Gasteiger partial charge in [-0.15, -0.1) is 0 Å². The highest BCUT2D eigenvalue weighted by Gasteiger charge is 1.96. The van der Waals surface area contributed by atoms with Crippen LogP contribution in [0.1, 0.15) is 57.8 Å². The van der Waals surface area contributed by atoms with Crippen LogP contribution < -0.4 is 5.32 Å². The number of hydrogen-bond donors (Lipinski definition) is 3. The van der Waals surface area contributed by atoms with E-state index in [1.807, 2.05) is 0 Å². The summed E-state index contributed by atoms with van der Waals surface area (Å²) in [5.74, 6) is 0. The minimum atomic E-state index is -0.930. The molecular weight excluding hydrogens is 326 g/mol. The third kappa shape index (κ3) is 23.1. The molecule has 0 saturated heterocycles. The number of amides is 1. The van der Waals surface area contributed by atoms with Gasteiger partial charge >= 0.3 is 6.09 Å². The first-order valence-electron chi connectivity index (χ1n) is 9.58. The monoisotopic (exact) mass is 363 g/mol. The summed E-state index contributed by atoms with van der Waals surface area (Å²) in [5.41, 5.74) is 0. The molecule has 0 aliphatic carbocycles. The van der Waals surface area contributed by atoms with E-state index in [0.29, 0.717) is 39.6 Å². The van der Waals surface area contributed by atoms with Gasteiger partial charge in [-0.3, -0.25) is 0 Å². The fraction of sp³-hybridized carbons (Fsp3) is 0.944. The van der Waals surface area contributed by atoms with Crippen LogP contribution in [0.15, 0.2) is 0 Å². The quantitative estimate of drug-likeness (QED) is 0.288. The third-order valence-corrected chi connectivity index (χ3v) is 3.72. The van der Waals surface area contributed by atoms with E-state index in [2.05, 4.69) is 5.32 Å². The number of hydrogen-bond acceptors (Lipinski definition) is 5. The summed E-state index contributed by atoms with van der Waals surface area (Å²) in [6, 6.07) is 0. The molecular formula is C18H37NO6. The van der Waals surface area contributed by atoms with Gasteiger partial charge in [-0.25, -0.2) is 4.79 Å². The van der Waals surface area contributed by atoms with Crippen LogP contribution in [0.2, 0.25) is 0 Å². The van der Waals surface area contributed by atoms with Crippen molar-refractivity contribution in [2.45, 2.75) is 57.8 Å². The molecule has 0 bridgehead atoms. The summed E-state index contributed by atoms with van der Waals surface area (Å²) in [7, 11) is 0. The van der Waals surface area contributed by atoms with Crippen molar-refractivity contribution in [2.24, 2.45) is 0 Å². The molecule has 0 spiro atoms. The highest BCUT2D eigenvalue weighted by molar-refractivity contribution is 5.64. The van der Waals surface area contributed by atoms with Crippen molar-refractivity contribution in [2.75, 3.05) is 52.8 Å². The average Bonchev–Trinajstić information content (AvgIpc) is 2.60. The molecule has 25 heavy (non-hydrogen) atoms. The molecule has 0 heterocycles. The molecule has 0 aromatic heterocycles. The summed E-state index contributed by atoms with van der Waals surface area (Å²) >= 11 is 0. The lowest BCUT2D eigenvalue weighted by atomic mass is 10.1. The number of ether oxygens (including phenoxy) is 3. The highest BCUT2D eigenvalue weighted by atomic mass is 16.5. The Labute approximate surface area is 152 Å². The molecule has 0 atom stereocenters. The molecule has 0 aliphatic rings. The molecule has 7 nitrogen and oxygen atoms in total. The second-order valence-corrected chi connectivity index (χ2v) is 5.97. The Balaban J connectivity index is 2.97. The van der Waals surface area contributed by atoms with Gasteiger partial charge < -0.3 is 29.7 Å². The Morgan fingerprint density at radius 1 is 0.640 bits per heavy atom. The van der Waals surface area contributed by atoms with Gasteiger partial charge in [0, 0.05) is 13.2 Å². The Morgan fingerprint density at radius 2 is 1.08 bits per heavy atom. The van der Waals surface area contributed by atoms with E-state index in [1.165, 1.54) is 38.5 Å². The van der Waals surface area contributed by atoms with E-state index in [-0.39, 0.29) is 6.61 Å². The number of nitrogens with one attached hydrogen (secondary N) is 1. The summed E-state index contributed by atoms with van der Waals surface area (Å²) < 4.78 is 15.9. The lowest BCUT2D eigenvalue weighted by Crippen LogP contribution is -2.21. The first kappa shape index (κ1) is 24.1. The van der Waals surface area contributed by atoms with Gasteiger partial charge in [0.15, 0.2) is 0 Å². The fourth-order valence-corrected chi connectivity index (χ4v) is 2.37. The molecule has 0 aromatic carbocycles. The second kappa shape index (κ2) is 21.2. The standard InChI is InChI=1S/C18H37NO6/c20-11-13-24-15-17-25-16-14-23-12-9-7-5-3-1-2-4-6-8-10-19-18(21)22/h19-20H,1-17H2,(H,21,22). The van der Waals surface area contributed by atoms with Crippen molar-refractivity contribution in [1.29, 1.82) is 0 Å². The van der Waals surface area contributed by atoms with Gasteiger partial charge in [-0.2, -0.15) is 0 Å². The van der Waals surface area contributed by atoms with Gasteiger partial charge in [-0.05, 0) is 12.8 Å². The van der Waals surface area contributed by atoms with Crippen LogP contribution in [0.3, 0.4) is 0 Å². The van der Waals surface area contributed by atoms with Crippen LogP contribution in [0.5, 0.6) is 0 Å². The second-order valence-electron chi connectivity index (χ2n) is 5.97. The van der Waals surface area contributed by atoms with E-state index in [1.54, 1.807) is 0 Å². The smallest absolute Gasteiger partial charge is 0.404 e. The first-order valence-corrected chi connectivity index (χ1v) is 9.58. The van der Waals surface area contributed by atoms with Crippen molar-refractivity contribution in [3.8, 4) is 0 Å². The number of rotatable bonds is 20. The Hall–Kier alpha value is -0.890. The third-order valence-electron chi connectivity index (χ3n) is 3.72. The molecule has 7 heteroatoms. The van der Waals surface area contributed by atoms with Crippen molar-refractivity contribution in [1.82, 2.24) is 5.32 Å². The van der Waals surface area contributed by atoms with Crippen LogP contribution in [0.4, 0.5) is 4.79 Å². The number of aliphatic hydroxyl groups excluding tert-OH is 1. The number of aliphatic hydroxyl groups is 1. The van der Waals surface area contributed by atoms with Gasteiger partial charge in [-0.1, -0.05) is 44.9 Å². The van der Waals surface area contributed by atoms with Crippen LogP contribution in [-0.4, -0.2) is 69.1 Å². The average molecular weight is 363 g/mol. The maximum absolute atomic E-state index is 10.3. The fourth-order valence-electron chi connectivity index (χ4n) is 2.37. The van der Waals surface area contributed by atoms with E-state index in [0.717, 1.165) is 25.9 Å². The number of carbonyl (C=O) groups is 1. The molecule has 0 aliphatic heterocycles. The zero-order valence-electron chi connectivity index (χ0n) is 15.5. The van der Waals surface area contributed by atoms with Gasteiger partial charge in [0.05, 0.1) is 39.6 Å². The summed E-state index contributed by atoms with van der Waals surface area (Å²) in [6.45, 7) is 4.04. The van der Waals surface area contributed by atoms with E-state index in [4.69, 9.17) is 24.4 Å². The van der Waals surface area contributed by atoms with Crippen molar-refractivity contribution in [3.63, 3.8) is 0 Å². The molecule has 0 radical (unpaired) electrons. The largest absolute Gasteiger partial charge is 0.465 e. The maximum Gasteiger partial charge on any atom is 0.404 e. The molecule has 0 fully saturated rings. The summed E-state index contributed by atoms with van der Waals surface area (Å²) in [4.78, 5) is 10.3. The molecule has 0 rings (SSSR count). The molecule has 1 amide bonds. The predicted molar refractivity (Wildman–Crippen MR) is 97.1 cm³/mol. The summed E-state index contributed by atoms with van der Waals surface area (Å²) in [6.07, 6.45) is 9.62. The van der Waals surface area contributed by atoms with Gasteiger partial charge in [0.2, 0.25) is 0 Å². The predicted octanol–water partition coefficient (Wildman–Crippen LogP) is 2.81. The van der Waals surface area contributed by atoms with Crippen LogP contribution >= 0.6 is 0 Å².